The van der Waals surface area contributed by atoms with E-state index in [0.717, 1.165) is 10.7 Å². The minimum absolute atomic E-state index is 0.0277. The fraction of sp³-hybridized carbons (Fsp3) is 0.571. The molecule has 3 N–H and O–H groups in total. The monoisotopic (exact) mass is 324 g/mol. The molecule has 1 aromatic heterocycles. The molecule has 0 unspecified atom stereocenters. The predicted octanol–water partition coefficient (Wildman–Crippen LogP) is 1.04. The van der Waals surface area contributed by atoms with E-state index < -0.39 is 12.1 Å². The molecule has 0 aromatic carbocycles. The van der Waals surface area contributed by atoms with Crippen LogP contribution in [-0.4, -0.2) is 28.9 Å². The van der Waals surface area contributed by atoms with Gasteiger partial charge < -0.3 is 10.6 Å². The number of thiazole rings is 1. The first kappa shape index (κ1) is 16.4. The largest absolute Gasteiger partial charge is 0.348 e. The third kappa shape index (κ3) is 4.27. The average Bonchev–Trinajstić information content (AvgIpc) is 2.82. The van der Waals surface area contributed by atoms with Crippen molar-refractivity contribution in [3.05, 3.63) is 16.1 Å². The molecule has 1 saturated heterocycles. The molecule has 2 rings (SSSR count). The van der Waals surface area contributed by atoms with Crippen molar-refractivity contribution in [1.82, 2.24) is 20.9 Å². The summed E-state index contributed by atoms with van der Waals surface area (Å²) in [6, 6.07) is -1.33. The van der Waals surface area contributed by atoms with Gasteiger partial charge in [0, 0.05) is 17.2 Å². The van der Waals surface area contributed by atoms with Crippen molar-refractivity contribution >= 4 is 29.2 Å². The summed E-state index contributed by atoms with van der Waals surface area (Å²) in [5, 5.41) is 10.2. The van der Waals surface area contributed by atoms with Crippen LogP contribution in [0.15, 0.2) is 5.38 Å². The Balaban J connectivity index is 1.91. The Morgan fingerprint density at radius 2 is 2.18 bits per heavy atom. The van der Waals surface area contributed by atoms with E-state index in [2.05, 4.69) is 41.7 Å². The molecule has 0 spiro atoms. The molecular formula is C14H20N4O3S. The van der Waals surface area contributed by atoms with E-state index >= 15 is 0 Å². The molecule has 7 nitrogen and oxygen atoms in total. The van der Waals surface area contributed by atoms with Crippen LogP contribution in [0.5, 0.6) is 0 Å². The first-order valence-corrected chi connectivity index (χ1v) is 7.96. The summed E-state index contributed by atoms with van der Waals surface area (Å²) >= 11 is 1.49. The molecule has 4 amide bonds. The van der Waals surface area contributed by atoms with Crippen LogP contribution >= 0.6 is 11.3 Å². The van der Waals surface area contributed by atoms with Crippen LogP contribution in [0.25, 0.3) is 0 Å². The van der Waals surface area contributed by atoms with Crippen molar-refractivity contribution in [2.24, 2.45) is 0 Å². The number of nitrogens with zero attached hydrogens (tertiary/aromatic N) is 1. The zero-order chi connectivity index (χ0) is 16.3. The zero-order valence-corrected chi connectivity index (χ0v) is 13.7. The fourth-order valence-corrected chi connectivity index (χ4v) is 2.91. The zero-order valence-electron chi connectivity index (χ0n) is 12.9. The van der Waals surface area contributed by atoms with Crippen molar-refractivity contribution in [1.29, 1.82) is 0 Å². The van der Waals surface area contributed by atoms with E-state index in [1.54, 1.807) is 0 Å². The van der Waals surface area contributed by atoms with E-state index in [1.165, 1.54) is 11.3 Å². The Hall–Kier alpha value is -1.96. The fourth-order valence-electron chi connectivity index (χ4n) is 1.95. The first-order chi connectivity index (χ1) is 10.3. The van der Waals surface area contributed by atoms with Gasteiger partial charge in [0.15, 0.2) is 0 Å². The first-order valence-electron chi connectivity index (χ1n) is 7.08. The summed E-state index contributed by atoms with van der Waals surface area (Å²) in [6.07, 6.45) is 0.427. The number of carbonyl (C=O) groups is 3. The van der Waals surface area contributed by atoms with Crippen LogP contribution in [0.1, 0.15) is 44.3 Å². The maximum atomic E-state index is 12.1. The molecule has 0 radical (unpaired) electrons. The lowest BCUT2D eigenvalue weighted by Crippen LogP contribution is -2.48. The minimum atomic E-state index is -0.700. The Labute approximate surface area is 132 Å². The van der Waals surface area contributed by atoms with Gasteiger partial charge in [0.1, 0.15) is 11.0 Å². The Kier molecular flexibility index (Phi) is 4.80. The van der Waals surface area contributed by atoms with Gasteiger partial charge in [-0.15, -0.1) is 11.3 Å². The van der Waals surface area contributed by atoms with E-state index in [9.17, 15) is 14.4 Å². The second-order valence-corrected chi connectivity index (χ2v) is 7.15. The van der Waals surface area contributed by atoms with Crippen molar-refractivity contribution in [3.8, 4) is 0 Å². The lowest BCUT2D eigenvalue weighted by molar-refractivity contribution is -0.123. The highest BCUT2D eigenvalue weighted by Crippen LogP contribution is 2.23. The molecule has 0 bridgehead atoms. The van der Waals surface area contributed by atoms with Crippen molar-refractivity contribution in [2.75, 3.05) is 0 Å². The number of nitrogens with one attached hydrogen (secondary N) is 3. The van der Waals surface area contributed by atoms with Gasteiger partial charge >= 0.3 is 6.03 Å². The van der Waals surface area contributed by atoms with Crippen LogP contribution in [0.3, 0.4) is 0 Å². The van der Waals surface area contributed by atoms with E-state index in [1.807, 2.05) is 5.38 Å². The summed E-state index contributed by atoms with van der Waals surface area (Å²) < 4.78 is 0. The summed E-state index contributed by atoms with van der Waals surface area (Å²) in [5.74, 6) is -0.681. The summed E-state index contributed by atoms with van der Waals surface area (Å²) in [4.78, 5) is 39.2. The molecule has 8 heteroatoms. The van der Waals surface area contributed by atoms with Gasteiger partial charge in [0.25, 0.3) is 0 Å². The molecule has 1 fully saturated rings. The van der Waals surface area contributed by atoms with Crippen molar-refractivity contribution < 1.29 is 14.4 Å². The van der Waals surface area contributed by atoms with Gasteiger partial charge in [-0.1, -0.05) is 20.8 Å². The summed E-state index contributed by atoms with van der Waals surface area (Å²) in [7, 11) is 0. The number of urea groups is 1. The third-order valence-corrected chi connectivity index (χ3v) is 4.12. The van der Waals surface area contributed by atoms with E-state index in [-0.39, 0.29) is 30.1 Å². The maximum absolute atomic E-state index is 12.1. The highest BCUT2D eigenvalue weighted by atomic mass is 32.1. The van der Waals surface area contributed by atoms with E-state index in [0.29, 0.717) is 6.54 Å². The molecule has 1 aromatic rings. The van der Waals surface area contributed by atoms with Gasteiger partial charge in [-0.25, -0.2) is 9.78 Å². The minimum Gasteiger partial charge on any atom is -0.348 e. The Bertz CT molecular complexity index is 591. The molecule has 1 atom stereocenters. The average molecular weight is 324 g/mol. The maximum Gasteiger partial charge on any atom is 0.322 e. The molecule has 0 aliphatic carbocycles. The second-order valence-electron chi connectivity index (χ2n) is 6.21. The van der Waals surface area contributed by atoms with Gasteiger partial charge in [0.2, 0.25) is 11.8 Å². The number of rotatable bonds is 3. The third-order valence-electron chi connectivity index (χ3n) is 3.27. The van der Waals surface area contributed by atoms with Gasteiger partial charge in [-0.2, -0.15) is 0 Å². The SMILES string of the molecule is CC(C)(C)c1csc(CNC(=O)[C@@H]2CCC(=O)NC(=O)N2)n1. The lowest BCUT2D eigenvalue weighted by atomic mass is 9.93. The Morgan fingerprint density at radius 3 is 2.82 bits per heavy atom. The van der Waals surface area contributed by atoms with Crippen molar-refractivity contribution in [3.63, 3.8) is 0 Å². The van der Waals surface area contributed by atoms with Gasteiger partial charge in [-0.3, -0.25) is 14.9 Å². The quantitative estimate of drug-likeness (QED) is 0.773. The van der Waals surface area contributed by atoms with Crippen molar-refractivity contribution in [2.45, 2.75) is 51.6 Å². The summed E-state index contributed by atoms with van der Waals surface area (Å²) in [6.45, 7) is 6.55. The predicted molar refractivity (Wildman–Crippen MR) is 82.4 cm³/mol. The molecular weight excluding hydrogens is 304 g/mol. The number of aromatic nitrogens is 1. The lowest BCUT2D eigenvalue weighted by Gasteiger charge is -2.15. The summed E-state index contributed by atoms with van der Waals surface area (Å²) in [5.41, 5.74) is 0.958. The highest BCUT2D eigenvalue weighted by molar-refractivity contribution is 7.09. The van der Waals surface area contributed by atoms with Crippen LogP contribution in [-0.2, 0) is 21.5 Å². The highest BCUT2D eigenvalue weighted by Gasteiger charge is 2.26. The number of hydrogen-bond donors (Lipinski definition) is 3. The topological polar surface area (TPSA) is 100 Å². The Morgan fingerprint density at radius 1 is 1.45 bits per heavy atom. The van der Waals surface area contributed by atoms with E-state index in [4.69, 9.17) is 0 Å². The number of carbonyl (C=O) groups excluding carboxylic acids is 3. The number of imide groups is 1. The molecule has 0 saturated carbocycles. The molecule has 120 valence electrons. The van der Waals surface area contributed by atoms with Crippen LogP contribution in [0.4, 0.5) is 4.79 Å². The number of amides is 4. The van der Waals surface area contributed by atoms with Crippen LogP contribution < -0.4 is 16.0 Å². The molecule has 1 aliphatic heterocycles. The molecule has 1 aliphatic rings. The van der Waals surface area contributed by atoms with Gasteiger partial charge in [-0.05, 0) is 6.42 Å². The van der Waals surface area contributed by atoms with Crippen LogP contribution in [0.2, 0.25) is 0 Å². The standard InChI is InChI=1S/C14H20N4O3S/c1-14(2,3)9-7-22-11(17-9)6-15-12(20)8-4-5-10(19)18-13(21)16-8/h7-8H,4-6H2,1-3H3,(H,15,20)(H2,16,18,19,21)/t8-/m0/s1. The normalized spacial score (nSPS) is 19.1. The molecule has 22 heavy (non-hydrogen) atoms. The number of hydrogen-bond acceptors (Lipinski definition) is 5. The van der Waals surface area contributed by atoms with Gasteiger partial charge in [0.05, 0.1) is 12.2 Å². The van der Waals surface area contributed by atoms with Crippen LogP contribution in [0, 0.1) is 0 Å². The second kappa shape index (κ2) is 6.43. The smallest absolute Gasteiger partial charge is 0.322 e. The molecule has 2 heterocycles.